The molecule has 0 amide bonds. The lowest BCUT2D eigenvalue weighted by Gasteiger charge is -2.35. The number of nitrogens with one attached hydrogen (secondary N) is 1. The predicted octanol–water partition coefficient (Wildman–Crippen LogP) is 4.52. The maximum atomic E-state index is 16.9. The van der Waals surface area contributed by atoms with Crippen LogP contribution in [0.3, 0.4) is 0 Å². The fraction of sp³-hybridized carbons (Fsp3) is 0.531. The number of nitrogen functional groups attached to an aromatic ring is 1. The quantitative estimate of drug-likeness (QED) is 0.308. The zero-order valence-corrected chi connectivity index (χ0v) is 25.9. The molecule has 0 saturated carbocycles. The molecule has 2 bridgehead atoms. The van der Waals surface area contributed by atoms with Gasteiger partial charge in [0.05, 0.1) is 28.2 Å². The number of aromatic nitrogens is 4. The first-order chi connectivity index (χ1) is 21.3. The maximum Gasteiger partial charge on any atom is 0.319 e. The van der Waals surface area contributed by atoms with Gasteiger partial charge in [-0.05, 0) is 63.3 Å². The molecule has 3 N–H and O–H groups in total. The number of anilines is 2. The summed E-state index contributed by atoms with van der Waals surface area (Å²) in [5.41, 5.74) is 8.39. The molecule has 4 atom stereocenters. The van der Waals surface area contributed by atoms with Crippen molar-refractivity contribution in [3.05, 3.63) is 35.2 Å². The van der Waals surface area contributed by atoms with Crippen LogP contribution in [0.25, 0.3) is 33.1 Å². The van der Waals surface area contributed by atoms with Crippen LogP contribution < -0.4 is 20.7 Å². The van der Waals surface area contributed by atoms with E-state index < -0.39 is 5.82 Å². The number of pyridine rings is 1. The summed E-state index contributed by atoms with van der Waals surface area (Å²) in [6.07, 6.45) is 8.36. The predicted molar refractivity (Wildman–Crippen MR) is 170 cm³/mol. The molecule has 4 aliphatic rings. The van der Waals surface area contributed by atoms with E-state index in [1.54, 1.807) is 19.2 Å². The van der Waals surface area contributed by atoms with Crippen LogP contribution in [0.5, 0.6) is 6.01 Å². The highest BCUT2D eigenvalue weighted by molar-refractivity contribution is 6.35. The number of aryl methyl sites for hydroxylation is 1. The van der Waals surface area contributed by atoms with E-state index in [0.29, 0.717) is 59.4 Å². The zero-order valence-electron chi connectivity index (χ0n) is 25.2. The molecule has 8 rings (SSSR count). The van der Waals surface area contributed by atoms with Gasteiger partial charge < -0.3 is 30.0 Å². The average molecular weight is 621 g/mol. The van der Waals surface area contributed by atoms with Gasteiger partial charge in [-0.3, -0.25) is 4.90 Å². The highest BCUT2D eigenvalue weighted by Gasteiger charge is 2.49. The van der Waals surface area contributed by atoms with Crippen LogP contribution >= 0.6 is 11.6 Å². The molecule has 7 heterocycles. The summed E-state index contributed by atoms with van der Waals surface area (Å²) in [4.78, 5) is 19.0. The summed E-state index contributed by atoms with van der Waals surface area (Å²) in [6, 6.07) is 6.75. The van der Waals surface area contributed by atoms with E-state index in [9.17, 15) is 0 Å². The van der Waals surface area contributed by atoms with Crippen molar-refractivity contribution in [2.45, 2.75) is 62.2 Å². The fourth-order valence-electron chi connectivity index (χ4n) is 8.32. The minimum atomic E-state index is -0.516. The first kappa shape index (κ1) is 28.2. The lowest BCUT2D eigenvalue weighted by molar-refractivity contribution is 0.0521. The smallest absolute Gasteiger partial charge is 0.319 e. The largest absolute Gasteiger partial charge is 0.461 e. The topological polar surface area (TPSA) is 107 Å². The molecule has 12 heteroatoms. The minimum Gasteiger partial charge on any atom is -0.461 e. The Kier molecular flexibility index (Phi) is 6.86. The van der Waals surface area contributed by atoms with Gasteiger partial charge in [0, 0.05) is 68.1 Å². The zero-order chi connectivity index (χ0) is 30.2. The van der Waals surface area contributed by atoms with E-state index in [1.807, 2.05) is 23.9 Å². The van der Waals surface area contributed by atoms with Crippen LogP contribution in [0.2, 0.25) is 5.02 Å². The summed E-state index contributed by atoms with van der Waals surface area (Å²) < 4.78 is 30.8. The van der Waals surface area contributed by atoms with E-state index in [-0.39, 0.29) is 27.7 Å². The van der Waals surface area contributed by atoms with E-state index in [1.165, 1.54) is 0 Å². The Morgan fingerprint density at radius 1 is 1.11 bits per heavy atom. The van der Waals surface area contributed by atoms with Crippen LogP contribution in [0.15, 0.2) is 24.4 Å². The lowest BCUT2D eigenvalue weighted by Crippen LogP contribution is -2.51. The van der Waals surface area contributed by atoms with Gasteiger partial charge in [-0.25, -0.2) is 9.37 Å². The van der Waals surface area contributed by atoms with Crippen LogP contribution in [0.4, 0.5) is 16.0 Å². The van der Waals surface area contributed by atoms with Gasteiger partial charge in [-0.15, -0.1) is 0 Å². The number of hydrogen-bond acceptors (Lipinski definition) is 9. The lowest BCUT2D eigenvalue weighted by atomic mass is 9.95. The second kappa shape index (κ2) is 10.7. The summed E-state index contributed by atoms with van der Waals surface area (Å²) in [5.74, 6) is 0.508. The number of nitrogens with zero attached hydrogens (tertiary/aromatic N) is 6. The van der Waals surface area contributed by atoms with Crippen LogP contribution in [-0.4, -0.2) is 88.0 Å². The molecule has 4 aromatic rings. The highest BCUT2D eigenvalue weighted by atomic mass is 35.5. The van der Waals surface area contributed by atoms with Gasteiger partial charge in [0.15, 0.2) is 5.82 Å². The number of halogens is 2. The van der Waals surface area contributed by atoms with Crippen molar-refractivity contribution in [2.24, 2.45) is 7.05 Å². The number of piperazine rings is 1. The molecular formula is C32H38ClFN8O2. The van der Waals surface area contributed by atoms with Gasteiger partial charge >= 0.3 is 6.01 Å². The van der Waals surface area contributed by atoms with Crippen molar-refractivity contribution >= 4 is 45.2 Å². The minimum absolute atomic E-state index is 0.0753. The molecule has 4 saturated heterocycles. The average Bonchev–Trinajstić information content (AvgIpc) is 3.75. The molecular weight excluding hydrogens is 583 g/mol. The molecule has 232 valence electrons. The summed E-state index contributed by atoms with van der Waals surface area (Å²) in [5, 5.41) is 4.54. The van der Waals surface area contributed by atoms with Gasteiger partial charge in [-0.2, -0.15) is 9.97 Å². The maximum absolute atomic E-state index is 16.9. The fourth-order valence-corrected chi connectivity index (χ4v) is 8.61. The third kappa shape index (κ3) is 4.50. The number of rotatable bonds is 7. The molecule has 0 spiro atoms. The summed E-state index contributed by atoms with van der Waals surface area (Å²) in [7, 11) is 3.66. The third-order valence-electron chi connectivity index (χ3n) is 10.3. The molecule has 0 aliphatic carbocycles. The Labute approximate surface area is 260 Å². The van der Waals surface area contributed by atoms with Crippen molar-refractivity contribution < 1.29 is 13.9 Å². The number of fused-ring (bicyclic) bond motifs is 5. The van der Waals surface area contributed by atoms with E-state index in [2.05, 4.69) is 20.1 Å². The van der Waals surface area contributed by atoms with Crippen molar-refractivity contribution in [1.29, 1.82) is 0 Å². The van der Waals surface area contributed by atoms with E-state index in [4.69, 9.17) is 36.8 Å². The van der Waals surface area contributed by atoms with Crippen LogP contribution in [-0.2, 0) is 11.8 Å². The monoisotopic (exact) mass is 620 g/mol. The van der Waals surface area contributed by atoms with E-state index >= 15 is 4.39 Å². The third-order valence-corrected chi connectivity index (χ3v) is 10.6. The van der Waals surface area contributed by atoms with Crippen molar-refractivity contribution in [2.75, 3.05) is 50.6 Å². The Morgan fingerprint density at radius 2 is 1.93 bits per heavy atom. The first-order valence-corrected chi connectivity index (χ1v) is 16.0. The number of methoxy groups -OCH3 is 1. The number of benzene rings is 1. The van der Waals surface area contributed by atoms with Gasteiger partial charge in [0.1, 0.15) is 23.8 Å². The Morgan fingerprint density at radius 3 is 2.73 bits per heavy atom. The second-order valence-corrected chi connectivity index (χ2v) is 13.4. The molecule has 4 fully saturated rings. The molecule has 1 aromatic carbocycles. The van der Waals surface area contributed by atoms with E-state index in [0.717, 1.165) is 63.7 Å². The number of ether oxygens (including phenoxy) is 2. The Hall–Kier alpha value is -3.25. The Balaban J connectivity index is 1.24. The van der Waals surface area contributed by atoms with Crippen LogP contribution in [0, 0.1) is 5.82 Å². The van der Waals surface area contributed by atoms with Crippen molar-refractivity contribution in [3.63, 3.8) is 0 Å². The molecule has 2 unspecified atom stereocenters. The normalized spacial score (nSPS) is 26.7. The molecule has 10 nitrogen and oxygen atoms in total. The van der Waals surface area contributed by atoms with Gasteiger partial charge in [-0.1, -0.05) is 11.6 Å². The van der Waals surface area contributed by atoms with Gasteiger partial charge in [0.2, 0.25) is 0 Å². The number of hydrogen-bond donors (Lipinski definition) is 2. The summed E-state index contributed by atoms with van der Waals surface area (Å²) >= 11 is 6.92. The molecule has 0 radical (unpaired) electrons. The van der Waals surface area contributed by atoms with Gasteiger partial charge in [0.25, 0.3) is 0 Å². The summed E-state index contributed by atoms with van der Waals surface area (Å²) in [6.45, 7) is 3.77. The number of nitrogens with two attached hydrogens (primary N) is 1. The first-order valence-electron chi connectivity index (χ1n) is 15.6. The molecule has 3 aromatic heterocycles. The standard InChI is InChI=1S/C32H38ClFN8O2/c1-40-15-22(28-24(40)6-7-25(35)37-28)26-23(33)12-21-29(27(26)34)38-31(39-30(21)41-13-18-4-5-19(14-41)36-18)44-17-32-9-3-11-42(32)20(8-10-32)16-43-2/h6-7,12,15,18-20,36H,3-5,8-11,13-14,16-17H2,1-2H3,(H2,35,37)/t18?,19?,20-,32-/m1/s1. The SMILES string of the molecule is COC[C@H]1CC[C@@]2(COc3nc(N4CC5CCC(C4)N5)c4cc(Cl)c(-c5cn(C)c6ccc(N)nc56)c(F)c4n3)CCCN12. The molecule has 44 heavy (non-hydrogen) atoms. The van der Waals surface area contributed by atoms with Crippen molar-refractivity contribution in [3.8, 4) is 17.1 Å². The molecule has 4 aliphatic heterocycles. The second-order valence-electron chi connectivity index (χ2n) is 13.0. The van der Waals surface area contributed by atoms with Crippen molar-refractivity contribution in [1.82, 2.24) is 29.7 Å². The Bertz CT molecular complexity index is 1750. The van der Waals surface area contributed by atoms with Crippen LogP contribution in [0.1, 0.15) is 38.5 Å². The highest BCUT2D eigenvalue weighted by Crippen LogP contribution is 2.44.